The number of imide groups is 1. The van der Waals surface area contributed by atoms with E-state index in [2.05, 4.69) is 47.0 Å². The molecule has 1 atom stereocenters. The van der Waals surface area contributed by atoms with E-state index in [1.54, 1.807) is 12.2 Å². The standard InChI is InChI=1S/C23H41NO4Si/c1-11-14-23(15-12-2)17-18(13-16-27-29(9,10)22(6,7)8)24(19(23)25)20(26)28-21(3,4)5/h11-12,18H,1-2,13-17H2,3-10H3/t18-/m1/s1. The summed E-state index contributed by atoms with van der Waals surface area (Å²) in [5.74, 6) is -0.191. The summed E-state index contributed by atoms with van der Waals surface area (Å²) in [6.07, 6.45) is 5.13. The lowest BCUT2D eigenvalue weighted by Crippen LogP contribution is -2.45. The van der Waals surface area contributed by atoms with Crippen molar-refractivity contribution in [3.8, 4) is 0 Å². The summed E-state index contributed by atoms with van der Waals surface area (Å²) in [6.45, 7) is 24.6. The fourth-order valence-corrected chi connectivity index (χ4v) is 4.53. The van der Waals surface area contributed by atoms with Gasteiger partial charge in [0.05, 0.1) is 5.41 Å². The van der Waals surface area contributed by atoms with Crippen molar-refractivity contribution in [2.24, 2.45) is 5.41 Å². The van der Waals surface area contributed by atoms with Crippen LogP contribution < -0.4 is 0 Å². The van der Waals surface area contributed by atoms with Gasteiger partial charge in [-0.2, -0.15) is 0 Å². The van der Waals surface area contributed by atoms with Crippen molar-refractivity contribution in [1.29, 1.82) is 0 Å². The number of amides is 2. The van der Waals surface area contributed by atoms with Crippen LogP contribution in [0.3, 0.4) is 0 Å². The number of ether oxygens (including phenoxy) is 1. The highest BCUT2D eigenvalue weighted by atomic mass is 28.4. The minimum Gasteiger partial charge on any atom is -0.443 e. The number of hydrogen-bond donors (Lipinski definition) is 0. The molecule has 0 aliphatic carbocycles. The second kappa shape index (κ2) is 9.17. The van der Waals surface area contributed by atoms with Gasteiger partial charge in [-0.05, 0) is 64.6 Å². The van der Waals surface area contributed by atoms with Gasteiger partial charge in [0.15, 0.2) is 8.32 Å². The van der Waals surface area contributed by atoms with E-state index in [4.69, 9.17) is 9.16 Å². The first-order valence-corrected chi connectivity index (χ1v) is 13.4. The van der Waals surface area contributed by atoms with Gasteiger partial charge in [-0.3, -0.25) is 4.79 Å². The number of likely N-dealkylation sites (tertiary alicyclic amines) is 1. The molecule has 1 fully saturated rings. The summed E-state index contributed by atoms with van der Waals surface area (Å²) in [5, 5.41) is 0.110. The molecule has 2 amide bonds. The summed E-state index contributed by atoms with van der Waals surface area (Å²) in [5.41, 5.74) is -1.34. The summed E-state index contributed by atoms with van der Waals surface area (Å²) in [4.78, 5) is 27.6. The van der Waals surface area contributed by atoms with E-state index in [1.165, 1.54) is 4.90 Å². The maximum Gasteiger partial charge on any atom is 0.417 e. The second-order valence-electron chi connectivity index (χ2n) is 10.7. The molecule has 5 nitrogen and oxygen atoms in total. The van der Waals surface area contributed by atoms with Crippen LogP contribution in [0.1, 0.15) is 67.2 Å². The number of allylic oxidation sites excluding steroid dienone is 2. The van der Waals surface area contributed by atoms with Crippen LogP contribution in [0, 0.1) is 5.41 Å². The van der Waals surface area contributed by atoms with Gasteiger partial charge in [-0.25, -0.2) is 9.69 Å². The average Bonchev–Trinajstić information content (AvgIpc) is 2.77. The molecular formula is C23H41NO4Si. The third-order valence-corrected chi connectivity index (χ3v) is 10.6. The van der Waals surface area contributed by atoms with E-state index < -0.39 is 25.4 Å². The molecule has 0 radical (unpaired) electrons. The highest BCUT2D eigenvalue weighted by Gasteiger charge is 2.53. The molecule has 1 aliphatic rings. The molecule has 1 saturated heterocycles. The Morgan fingerprint density at radius 1 is 1.17 bits per heavy atom. The van der Waals surface area contributed by atoms with Crippen molar-refractivity contribution in [2.45, 2.75) is 97.0 Å². The van der Waals surface area contributed by atoms with Crippen molar-refractivity contribution < 1.29 is 18.8 Å². The van der Waals surface area contributed by atoms with E-state index >= 15 is 0 Å². The molecule has 0 unspecified atom stereocenters. The number of carbonyl (C=O) groups is 2. The van der Waals surface area contributed by atoms with E-state index in [0.29, 0.717) is 32.3 Å². The fourth-order valence-electron chi connectivity index (χ4n) is 3.47. The van der Waals surface area contributed by atoms with Gasteiger partial charge in [-0.15, -0.1) is 13.2 Å². The third kappa shape index (κ3) is 6.29. The smallest absolute Gasteiger partial charge is 0.417 e. The Kier molecular flexibility index (Phi) is 8.10. The topological polar surface area (TPSA) is 55.8 Å². The predicted molar refractivity (Wildman–Crippen MR) is 121 cm³/mol. The zero-order valence-corrected chi connectivity index (χ0v) is 20.8. The number of nitrogens with zero attached hydrogens (tertiary/aromatic N) is 1. The number of carbonyl (C=O) groups excluding carboxylic acids is 2. The van der Waals surface area contributed by atoms with Crippen molar-refractivity contribution in [1.82, 2.24) is 4.90 Å². The lowest BCUT2D eigenvalue weighted by atomic mass is 9.78. The zero-order valence-electron chi connectivity index (χ0n) is 19.8. The molecule has 0 saturated carbocycles. The molecule has 0 N–H and O–H groups in total. The molecule has 1 heterocycles. The van der Waals surface area contributed by atoms with E-state index in [9.17, 15) is 9.59 Å². The summed E-state index contributed by atoms with van der Waals surface area (Å²) in [6, 6.07) is -0.248. The van der Waals surface area contributed by atoms with Crippen LogP contribution in [0.25, 0.3) is 0 Å². The first-order chi connectivity index (χ1) is 13.1. The van der Waals surface area contributed by atoms with Crippen LogP contribution in [-0.2, 0) is 14.0 Å². The Morgan fingerprint density at radius 3 is 2.10 bits per heavy atom. The fraction of sp³-hybridized carbons (Fsp3) is 0.739. The first-order valence-electron chi connectivity index (χ1n) is 10.5. The minimum atomic E-state index is -1.90. The quantitative estimate of drug-likeness (QED) is 0.351. The van der Waals surface area contributed by atoms with Crippen molar-refractivity contribution in [2.75, 3.05) is 6.61 Å². The van der Waals surface area contributed by atoms with Crippen molar-refractivity contribution in [3.63, 3.8) is 0 Å². The predicted octanol–water partition coefficient (Wildman–Crippen LogP) is 6.07. The molecule has 6 heteroatoms. The summed E-state index contributed by atoms with van der Waals surface area (Å²) in [7, 11) is -1.90. The molecule has 0 spiro atoms. The highest BCUT2D eigenvalue weighted by molar-refractivity contribution is 6.74. The summed E-state index contributed by atoms with van der Waals surface area (Å²) >= 11 is 0. The Morgan fingerprint density at radius 2 is 1.69 bits per heavy atom. The molecule has 0 aromatic carbocycles. The van der Waals surface area contributed by atoms with Gasteiger partial charge >= 0.3 is 6.09 Å². The third-order valence-electron chi connectivity index (χ3n) is 6.04. The molecule has 0 bridgehead atoms. The van der Waals surface area contributed by atoms with Crippen LogP contribution >= 0.6 is 0 Å². The Labute approximate surface area is 178 Å². The van der Waals surface area contributed by atoms with Gasteiger partial charge in [0, 0.05) is 12.6 Å². The van der Waals surface area contributed by atoms with Gasteiger partial charge in [0.1, 0.15) is 5.60 Å². The van der Waals surface area contributed by atoms with E-state index in [0.717, 1.165) is 0 Å². The number of rotatable bonds is 8. The Balaban J connectivity index is 3.09. The second-order valence-corrected chi connectivity index (χ2v) is 15.5. The molecule has 29 heavy (non-hydrogen) atoms. The maximum atomic E-state index is 13.4. The van der Waals surface area contributed by atoms with Crippen molar-refractivity contribution >= 4 is 20.3 Å². The molecule has 1 rings (SSSR count). The molecule has 0 aromatic rings. The van der Waals surface area contributed by atoms with Crippen LogP contribution in [-0.4, -0.2) is 43.5 Å². The van der Waals surface area contributed by atoms with E-state index in [1.807, 2.05) is 20.8 Å². The molecule has 166 valence electrons. The lowest BCUT2D eigenvalue weighted by Gasteiger charge is -2.36. The Bertz CT molecular complexity index is 618. The first kappa shape index (κ1) is 25.6. The monoisotopic (exact) mass is 423 g/mol. The van der Waals surface area contributed by atoms with E-state index in [-0.39, 0.29) is 17.0 Å². The number of hydrogen-bond acceptors (Lipinski definition) is 4. The largest absolute Gasteiger partial charge is 0.443 e. The molecular weight excluding hydrogens is 382 g/mol. The van der Waals surface area contributed by atoms with Crippen LogP contribution in [0.15, 0.2) is 25.3 Å². The van der Waals surface area contributed by atoms with Gasteiger partial charge in [0.2, 0.25) is 5.91 Å². The van der Waals surface area contributed by atoms with Gasteiger partial charge in [-0.1, -0.05) is 32.9 Å². The maximum absolute atomic E-state index is 13.4. The minimum absolute atomic E-state index is 0.110. The van der Waals surface area contributed by atoms with Gasteiger partial charge in [0.25, 0.3) is 0 Å². The van der Waals surface area contributed by atoms with Crippen LogP contribution in [0.4, 0.5) is 4.79 Å². The zero-order chi connectivity index (χ0) is 22.7. The highest BCUT2D eigenvalue weighted by Crippen LogP contribution is 2.44. The van der Waals surface area contributed by atoms with Gasteiger partial charge < -0.3 is 9.16 Å². The molecule has 0 aromatic heterocycles. The lowest BCUT2D eigenvalue weighted by molar-refractivity contribution is -0.135. The normalized spacial score (nSPS) is 19.9. The van der Waals surface area contributed by atoms with Crippen LogP contribution in [0.2, 0.25) is 18.1 Å². The SMILES string of the molecule is C=CCC1(CC=C)C[C@@H](CCO[Si](C)(C)C(C)(C)C)N(C(=O)OC(C)(C)C)C1=O. The Hall–Kier alpha value is -1.40. The average molecular weight is 424 g/mol. The van der Waals surface area contributed by atoms with Crippen molar-refractivity contribution in [3.05, 3.63) is 25.3 Å². The molecule has 1 aliphatic heterocycles. The van der Waals surface area contributed by atoms with Crippen LogP contribution in [0.5, 0.6) is 0 Å². The summed E-state index contributed by atoms with van der Waals surface area (Å²) < 4.78 is 11.9.